The van der Waals surface area contributed by atoms with E-state index >= 15 is 0 Å². The molecule has 1 aromatic carbocycles. The van der Waals surface area contributed by atoms with E-state index in [-0.39, 0.29) is 0 Å². The van der Waals surface area contributed by atoms with Gasteiger partial charge >= 0.3 is 0 Å². The number of rotatable bonds is 6. The Labute approximate surface area is 106 Å². The number of hydrogen-bond donors (Lipinski definition) is 0. The molecule has 0 radical (unpaired) electrons. The summed E-state index contributed by atoms with van der Waals surface area (Å²) in [6.07, 6.45) is 10.5. The molecule has 1 atom stereocenters. The minimum atomic E-state index is 0.769. The molecule has 92 valence electrons. The van der Waals surface area contributed by atoms with Crippen LogP contribution in [0.2, 0.25) is 0 Å². The lowest BCUT2D eigenvalue weighted by atomic mass is 10.0. The van der Waals surface area contributed by atoms with Crippen molar-refractivity contribution in [3.8, 4) is 0 Å². The molecule has 0 spiro atoms. The summed E-state index contributed by atoms with van der Waals surface area (Å²) in [6, 6.07) is 10.5. The van der Waals surface area contributed by atoms with Crippen molar-refractivity contribution in [3.63, 3.8) is 0 Å². The van der Waals surface area contributed by atoms with Crippen molar-refractivity contribution in [3.05, 3.63) is 53.6 Å². The molecule has 0 heterocycles. The van der Waals surface area contributed by atoms with E-state index in [1.807, 2.05) is 0 Å². The highest BCUT2D eigenvalue weighted by molar-refractivity contribution is 5.48. The maximum Gasteiger partial charge on any atom is -0.0260 e. The molecule has 0 amide bonds. The average molecular weight is 228 g/mol. The normalized spacial score (nSPS) is 12.6. The summed E-state index contributed by atoms with van der Waals surface area (Å²) < 4.78 is 0. The molecular formula is C17H24. The van der Waals surface area contributed by atoms with Crippen LogP contribution in [0.5, 0.6) is 0 Å². The van der Waals surface area contributed by atoms with E-state index in [1.165, 1.54) is 30.4 Å². The predicted octanol–water partition coefficient (Wildman–Crippen LogP) is 5.47. The van der Waals surface area contributed by atoms with Gasteiger partial charge in [0.2, 0.25) is 0 Å². The summed E-state index contributed by atoms with van der Waals surface area (Å²) in [5.74, 6) is 0.769. The predicted molar refractivity (Wildman–Crippen MR) is 77.9 cm³/mol. The Morgan fingerprint density at radius 1 is 1.18 bits per heavy atom. The van der Waals surface area contributed by atoms with Gasteiger partial charge < -0.3 is 0 Å². The third kappa shape index (κ3) is 6.78. The Bertz CT molecular complexity index is 353. The smallest absolute Gasteiger partial charge is 0.0260 e. The molecule has 1 aromatic rings. The average Bonchev–Trinajstić information content (AvgIpc) is 2.30. The second kappa shape index (κ2) is 7.89. The summed E-state index contributed by atoms with van der Waals surface area (Å²) in [5.41, 5.74) is 2.72. The van der Waals surface area contributed by atoms with E-state index in [1.54, 1.807) is 0 Å². The van der Waals surface area contributed by atoms with Crippen molar-refractivity contribution in [2.45, 2.75) is 40.0 Å². The molecule has 17 heavy (non-hydrogen) atoms. The SMILES string of the molecule is CC(C)=CCCC(C)CC=Cc1ccccc1. The van der Waals surface area contributed by atoms with Crippen molar-refractivity contribution in [2.75, 3.05) is 0 Å². The van der Waals surface area contributed by atoms with Crippen LogP contribution in [0.3, 0.4) is 0 Å². The first kappa shape index (κ1) is 13.8. The van der Waals surface area contributed by atoms with Gasteiger partial charge in [-0.3, -0.25) is 0 Å². The third-order valence-electron chi connectivity index (χ3n) is 2.86. The van der Waals surface area contributed by atoms with E-state index < -0.39 is 0 Å². The van der Waals surface area contributed by atoms with Crippen molar-refractivity contribution >= 4 is 6.08 Å². The van der Waals surface area contributed by atoms with Crippen LogP contribution in [-0.2, 0) is 0 Å². The second-order valence-electron chi connectivity index (χ2n) is 5.01. The Hall–Kier alpha value is -1.30. The van der Waals surface area contributed by atoms with Gasteiger partial charge in [-0.2, -0.15) is 0 Å². The molecule has 0 aliphatic rings. The highest BCUT2D eigenvalue weighted by Crippen LogP contribution is 2.13. The summed E-state index contributed by atoms with van der Waals surface area (Å²) in [7, 11) is 0. The highest BCUT2D eigenvalue weighted by Gasteiger charge is 1.97. The Morgan fingerprint density at radius 2 is 1.88 bits per heavy atom. The van der Waals surface area contributed by atoms with Crippen molar-refractivity contribution in [1.82, 2.24) is 0 Å². The zero-order valence-electron chi connectivity index (χ0n) is 11.3. The molecule has 0 nitrogen and oxygen atoms in total. The fourth-order valence-electron chi connectivity index (χ4n) is 1.77. The van der Waals surface area contributed by atoms with Gasteiger partial charge in [0.15, 0.2) is 0 Å². The first-order valence-corrected chi connectivity index (χ1v) is 6.53. The highest BCUT2D eigenvalue weighted by atomic mass is 14.0. The van der Waals surface area contributed by atoms with Crippen LogP contribution in [0.4, 0.5) is 0 Å². The maximum atomic E-state index is 2.33. The van der Waals surface area contributed by atoms with Gasteiger partial charge in [-0.15, -0.1) is 0 Å². The number of benzene rings is 1. The van der Waals surface area contributed by atoms with Crippen molar-refractivity contribution in [2.24, 2.45) is 5.92 Å². The minimum Gasteiger partial charge on any atom is -0.0859 e. The number of allylic oxidation sites excluding steroid dienone is 3. The topological polar surface area (TPSA) is 0 Å². The van der Waals surface area contributed by atoms with Crippen LogP contribution in [0.1, 0.15) is 45.6 Å². The van der Waals surface area contributed by atoms with Crippen LogP contribution in [-0.4, -0.2) is 0 Å². The number of hydrogen-bond acceptors (Lipinski definition) is 0. The fraction of sp³-hybridized carbons (Fsp3) is 0.412. The summed E-state index contributed by atoms with van der Waals surface area (Å²) >= 11 is 0. The molecular weight excluding hydrogens is 204 g/mol. The van der Waals surface area contributed by atoms with Crippen LogP contribution in [0.25, 0.3) is 6.08 Å². The van der Waals surface area contributed by atoms with Crippen molar-refractivity contribution < 1.29 is 0 Å². The van der Waals surface area contributed by atoms with Gasteiger partial charge in [-0.05, 0) is 44.6 Å². The molecule has 0 bridgehead atoms. The summed E-state index contributed by atoms with van der Waals surface area (Å²) in [5, 5.41) is 0. The lowest BCUT2D eigenvalue weighted by Crippen LogP contribution is -1.91. The molecule has 0 saturated carbocycles. The van der Waals surface area contributed by atoms with Gasteiger partial charge in [-0.25, -0.2) is 0 Å². The van der Waals surface area contributed by atoms with E-state index in [2.05, 4.69) is 69.3 Å². The molecule has 0 aromatic heterocycles. The molecule has 1 rings (SSSR count). The van der Waals surface area contributed by atoms with E-state index in [9.17, 15) is 0 Å². The Kier molecular flexibility index (Phi) is 6.39. The summed E-state index contributed by atoms with van der Waals surface area (Å²) in [4.78, 5) is 0. The molecule has 0 saturated heterocycles. The van der Waals surface area contributed by atoms with Crippen LogP contribution in [0, 0.1) is 5.92 Å². The zero-order valence-corrected chi connectivity index (χ0v) is 11.3. The molecule has 0 heteroatoms. The molecule has 0 fully saturated rings. The Balaban J connectivity index is 2.26. The molecule has 0 aliphatic carbocycles. The first-order chi connectivity index (χ1) is 8.18. The van der Waals surface area contributed by atoms with Crippen molar-refractivity contribution in [1.29, 1.82) is 0 Å². The first-order valence-electron chi connectivity index (χ1n) is 6.53. The lowest BCUT2D eigenvalue weighted by molar-refractivity contribution is 0.546. The molecule has 1 unspecified atom stereocenters. The van der Waals surface area contributed by atoms with Gasteiger partial charge in [0.25, 0.3) is 0 Å². The van der Waals surface area contributed by atoms with E-state index in [0.29, 0.717) is 0 Å². The van der Waals surface area contributed by atoms with E-state index in [4.69, 9.17) is 0 Å². The molecule has 0 N–H and O–H groups in total. The van der Waals surface area contributed by atoms with Crippen LogP contribution >= 0.6 is 0 Å². The van der Waals surface area contributed by atoms with Gasteiger partial charge in [0.05, 0.1) is 0 Å². The molecule has 0 aliphatic heterocycles. The van der Waals surface area contributed by atoms with E-state index in [0.717, 1.165) is 5.92 Å². The van der Waals surface area contributed by atoms with Crippen LogP contribution in [0.15, 0.2) is 48.1 Å². The zero-order chi connectivity index (χ0) is 12.5. The quantitative estimate of drug-likeness (QED) is 0.566. The fourth-order valence-corrected chi connectivity index (χ4v) is 1.77. The largest absolute Gasteiger partial charge is 0.0859 e. The standard InChI is InChI=1S/C17H24/c1-15(2)9-7-10-16(3)11-8-14-17-12-5-4-6-13-17/h4-6,8-9,12-14,16H,7,10-11H2,1-3H3. The van der Waals surface area contributed by atoms with Gasteiger partial charge in [0, 0.05) is 0 Å². The maximum absolute atomic E-state index is 2.33. The van der Waals surface area contributed by atoms with Gasteiger partial charge in [-0.1, -0.05) is 61.1 Å². The van der Waals surface area contributed by atoms with Gasteiger partial charge in [0.1, 0.15) is 0 Å². The second-order valence-corrected chi connectivity index (χ2v) is 5.01. The monoisotopic (exact) mass is 228 g/mol. The third-order valence-corrected chi connectivity index (χ3v) is 2.86. The lowest BCUT2D eigenvalue weighted by Gasteiger charge is -2.06. The minimum absolute atomic E-state index is 0.769. The Morgan fingerprint density at radius 3 is 2.53 bits per heavy atom. The van der Waals surface area contributed by atoms with Crippen LogP contribution < -0.4 is 0 Å². The summed E-state index contributed by atoms with van der Waals surface area (Å²) in [6.45, 7) is 6.66.